The van der Waals surface area contributed by atoms with Gasteiger partial charge in [-0.1, -0.05) is 281 Å². The molecule has 0 saturated heterocycles. The maximum absolute atomic E-state index is 13.6. The second-order valence-corrected chi connectivity index (χ2v) is 26.1. The lowest BCUT2D eigenvalue weighted by Crippen LogP contribution is -2.47. The van der Waals surface area contributed by atoms with Crippen molar-refractivity contribution in [1.29, 1.82) is 0 Å². The number of unbranched alkanes of at least 4 members (excludes halogenated alkanes) is 39. The molecule has 0 heterocycles. The molecule has 81 heavy (non-hydrogen) atoms. The van der Waals surface area contributed by atoms with Gasteiger partial charge in [0.2, 0.25) is 5.91 Å². The summed E-state index contributed by atoms with van der Waals surface area (Å²) < 4.78 is 30.8. The number of ether oxygens (including phenoxy) is 1. The highest BCUT2D eigenvalue weighted by atomic mass is 31.2. The predicted molar refractivity (Wildman–Crippen MR) is 351 cm³/mol. The van der Waals surface area contributed by atoms with Crippen LogP contribution in [0.15, 0.2) is 60.8 Å². The maximum atomic E-state index is 13.6. The van der Waals surface area contributed by atoms with Gasteiger partial charge in [-0.05, 0) is 96.0 Å². The number of nitrogens with zero attached hydrogens (tertiary/aromatic N) is 1. The Labute approximate surface area is 502 Å². The number of allylic oxidation sites excluding steroid dienone is 9. The largest absolute Gasteiger partial charge is 0.472 e. The van der Waals surface area contributed by atoms with Crippen LogP contribution < -0.4 is 5.32 Å². The fourth-order valence-electron chi connectivity index (χ4n) is 10.1. The summed E-state index contributed by atoms with van der Waals surface area (Å²) in [5.41, 5.74) is 0. The highest BCUT2D eigenvalue weighted by Crippen LogP contribution is 2.43. The van der Waals surface area contributed by atoms with Crippen molar-refractivity contribution in [2.45, 2.75) is 341 Å². The molecule has 0 aliphatic rings. The minimum atomic E-state index is -4.46. The Balaban J connectivity index is 5.12. The van der Waals surface area contributed by atoms with E-state index in [0.717, 1.165) is 77.0 Å². The first-order valence-corrected chi connectivity index (χ1v) is 36.1. The van der Waals surface area contributed by atoms with Crippen molar-refractivity contribution in [1.82, 2.24) is 5.32 Å². The summed E-state index contributed by atoms with van der Waals surface area (Å²) >= 11 is 0. The van der Waals surface area contributed by atoms with Crippen molar-refractivity contribution in [3.63, 3.8) is 0 Å². The molecule has 0 aromatic rings. The first kappa shape index (κ1) is 78.7. The number of amides is 1. The van der Waals surface area contributed by atoms with E-state index < -0.39 is 20.0 Å². The standard InChI is InChI=1S/C71H133N2O7P/c1-7-10-13-16-19-22-25-28-30-32-33-34-35-36-37-38-39-41-42-45-48-51-54-57-60-63-70(74)72-68(67-79-81(76,77)78-66-65-73(4,5)6)69(62-59-56-53-50-47-44-27-24-21-18-15-12-9-3)80-71(75)64-61-58-55-52-49-46-43-40-31-29-26-23-20-17-14-11-8-2/h20,23,28-31,43,46,59,62,68-69H,7-19,21-22,24-27,32-42,44-45,47-58,60-61,63-67H2,1-6H3,(H-,72,74,76,77)/p+1/b23-20-,30-28+,31-29-,46-43-,62-59-. The van der Waals surface area contributed by atoms with Crippen LogP contribution in [0.5, 0.6) is 0 Å². The summed E-state index contributed by atoms with van der Waals surface area (Å²) in [7, 11) is 1.49. The molecule has 1 amide bonds. The van der Waals surface area contributed by atoms with Crippen molar-refractivity contribution >= 4 is 19.7 Å². The third-order valence-electron chi connectivity index (χ3n) is 15.4. The first-order chi connectivity index (χ1) is 39.4. The Hall–Kier alpha value is -2.29. The van der Waals surface area contributed by atoms with Crippen LogP contribution in [0, 0.1) is 0 Å². The third-order valence-corrected chi connectivity index (χ3v) is 16.4. The van der Waals surface area contributed by atoms with E-state index in [1.807, 2.05) is 33.3 Å². The molecular formula is C71H134N2O7P+. The molecule has 0 fully saturated rings. The number of rotatable bonds is 63. The Morgan fingerprint density at radius 3 is 1.16 bits per heavy atom. The van der Waals surface area contributed by atoms with Gasteiger partial charge < -0.3 is 19.4 Å². The number of hydrogen-bond donors (Lipinski definition) is 2. The molecule has 3 unspecified atom stereocenters. The smallest absolute Gasteiger partial charge is 0.456 e. The molecule has 0 saturated carbocycles. The van der Waals surface area contributed by atoms with E-state index in [2.05, 4.69) is 74.7 Å². The summed E-state index contributed by atoms with van der Waals surface area (Å²) in [5.74, 6) is -0.519. The predicted octanol–water partition coefficient (Wildman–Crippen LogP) is 21.8. The van der Waals surface area contributed by atoms with E-state index in [1.54, 1.807) is 0 Å². The van der Waals surface area contributed by atoms with Crippen molar-refractivity contribution in [3.05, 3.63) is 60.8 Å². The maximum Gasteiger partial charge on any atom is 0.472 e. The Bertz CT molecular complexity index is 1570. The molecule has 10 heteroatoms. The third kappa shape index (κ3) is 62.1. The zero-order valence-corrected chi connectivity index (χ0v) is 55.2. The number of quaternary nitrogens is 1. The molecule has 474 valence electrons. The van der Waals surface area contributed by atoms with Crippen LogP contribution in [-0.2, 0) is 27.9 Å². The average molecular weight is 1160 g/mol. The average Bonchev–Trinajstić information content (AvgIpc) is 3.44. The van der Waals surface area contributed by atoms with E-state index >= 15 is 0 Å². The second-order valence-electron chi connectivity index (χ2n) is 24.7. The lowest BCUT2D eigenvalue weighted by Gasteiger charge is -2.27. The number of likely N-dealkylation sites (N-methyl/N-ethyl adjacent to an activating group) is 1. The molecule has 9 nitrogen and oxygen atoms in total. The highest BCUT2D eigenvalue weighted by Gasteiger charge is 2.30. The van der Waals surface area contributed by atoms with Gasteiger partial charge >= 0.3 is 13.8 Å². The highest BCUT2D eigenvalue weighted by molar-refractivity contribution is 7.47. The van der Waals surface area contributed by atoms with Gasteiger partial charge in [0.1, 0.15) is 19.3 Å². The topological polar surface area (TPSA) is 111 Å². The molecule has 0 aromatic heterocycles. The van der Waals surface area contributed by atoms with Gasteiger partial charge in [-0.25, -0.2) is 4.57 Å². The Kier molecular flexibility index (Phi) is 59.1. The van der Waals surface area contributed by atoms with Crippen LogP contribution >= 0.6 is 7.82 Å². The van der Waals surface area contributed by atoms with Crippen LogP contribution in [0.3, 0.4) is 0 Å². The summed E-state index contributed by atoms with van der Waals surface area (Å²) in [5, 5.41) is 3.07. The number of carbonyl (C=O) groups excluding carboxylic acids is 2. The molecule has 0 radical (unpaired) electrons. The van der Waals surface area contributed by atoms with Crippen LogP contribution in [0.4, 0.5) is 0 Å². The molecule has 0 spiro atoms. The molecule has 0 aliphatic carbocycles. The monoisotopic (exact) mass is 1160 g/mol. The number of nitrogens with one attached hydrogen (secondary N) is 1. The van der Waals surface area contributed by atoms with Gasteiger partial charge in [0, 0.05) is 12.8 Å². The summed E-state index contributed by atoms with van der Waals surface area (Å²) in [6.07, 6.45) is 78.0. The quantitative estimate of drug-likeness (QED) is 0.0205. The number of phosphoric acid groups is 1. The Morgan fingerprint density at radius 1 is 0.432 bits per heavy atom. The zero-order chi connectivity index (χ0) is 59.3. The van der Waals surface area contributed by atoms with E-state index in [9.17, 15) is 19.0 Å². The van der Waals surface area contributed by atoms with Gasteiger partial charge in [0.05, 0.1) is 33.8 Å². The summed E-state index contributed by atoms with van der Waals surface area (Å²) in [6, 6.07) is -0.858. The lowest BCUT2D eigenvalue weighted by atomic mass is 10.0. The molecule has 0 rings (SSSR count). The molecule has 2 N–H and O–H groups in total. The van der Waals surface area contributed by atoms with Gasteiger partial charge in [0.25, 0.3) is 0 Å². The van der Waals surface area contributed by atoms with Gasteiger partial charge in [-0.3, -0.25) is 18.6 Å². The molecule has 0 bridgehead atoms. The number of esters is 1. The number of hydrogen-bond acceptors (Lipinski definition) is 6. The van der Waals surface area contributed by atoms with Gasteiger partial charge in [-0.2, -0.15) is 0 Å². The van der Waals surface area contributed by atoms with E-state index in [-0.39, 0.29) is 31.5 Å². The van der Waals surface area contributed by atoms with Gasteiger partial charge in [-0.15, -0.1) is 0 Å². The van der Waals surface area contributed by atoms with E-state index in [1.165, 1.54) is 212 Å². The fraction of sp³-hybridized carbons (Fsp3) is 0.831. The minimum absolute atomic E-state index is 0.0364. The number of phosphoric ester groups is 1. The van der Waals surface area contributed by atoms with Crippen LogP contribution in [0.2, 0.25) is 0 Å². The lowest BCUT2D eigenvalue weighted by molar-refractivity contribution is -0.870. The molecule has 0 aromatic carbocycles. The van der Waals surface area contributed by atoms with E-state index in [4.69, 9.17) is 13.8 Å². The number of carbonyl (C=O) groups is 2. The Morgan fingerprint density at radius 2 is 0.753 bits per heavy atom. The van der Waals surface area contributed by atoms with Crippen LogP contribution in [0.1, 0.15) is 329 Å². The molecule has 0 aliphatic heterocycles. The van der Waals surface area contributed by atoms with Crippen LogP contribution in [0.25, 0.3) is 0 Å². The minimum Gasteiger partial charge on any atom is -0.456 e. The van der Waals surface area contributed by atoms with Crippen molar-refractivity contribution < 1.29 is 37.3 Å². The summed E-state index contributed by atoms with van der Waals surface area (Å²) in [4.78, 5) is 37.8. The second kappa shape index (κ2) is 60.8. The zero-order valence-electron chi connectivity index (χ0n) is 54.3. The van der Waals surface area contributed by atoms with Crippen molar-refractivity contribution in [2.75, 3.05) is 40.9 Å². The normalized spacial score (nSPS) is 13.9. The van der Waals surface area contributed by atoms with E-state index in [0.29, 0.717) is 23.9 Å². The van der Waals surface area contributed by atoms with Crippen LogP contribution in [-0.4, -0.2) is 74.3 Å². The van der Waals surface area contributed by atoms with Crippen molar-refractivity contribution in [3.8, 4) is 0 Å². The van der Waals surface area contributed by atoms with Crippen molar-refractivity contribution in [2.24, 2.45) is 0 Å². The summed E-state index contributed by atoms with van der Waals surface area (Å²) in [6.45, 7) is 7.00. The van der Waals surface area contributed by atoms with Gasteiger partial charge in [0.15, 0.2) is 0 Å². The first-order valence-electron chi connectivity index (χ1n) is 34.6. The molecular weight excluding hydrogens is 1020 g/mol. The fourth-order valence-corrected chi connectivity index (χ4v) is 10.8. The molecule has 3 atom stereocenters. The SMILES string of the molecule is CCCCC/C=C\C/C=C\C/C=C\CCCCCCC(=O)OC(/C=C\CCCCCCCCCCCCC)C(COP(=O)(O)OCC[N+](C)(C)C)NC(=O)CCCCCCCCCCCCCCCCC/C=C/CCCCCCCC.